The Morgan fingerprint density at radius 3 is 1.09 bits per heavy atom. The van der Waals surface area contributed by atoms with Gasteiger partial charge in [0.25, 0.3) is 0 Å². The molecule has 0 aromatic rings. The number of carbonyl (C=O) groups excluding carboxylic acids is 2. The Morgan fingerprint density at radius 1 is 0.387 bits per heavy atom. The first-order valence-corrected chi connectivity index (χ1v) is 38.3. The van der Waals surface area contributed by atoms with Gasteiger partial charge >= 0.3 is 19.8 Å². The number of unbranched alkanes of at least 4 members (excludes halogenated alkanes) is 37. The lowest BCUT2D eigenvalue weighted by molar-refractivity contribution is -0.360. The van der Waals surface area contributed by atoms with Crippen LogP contribution in [-0.4, -0.2) is 205 Å². The molecule has 24 heteroatoms. The van der Waals surface area contributed by atoms with Gasteiger partial charge in [-0.25, -0.2) is 4.57 Å². The lowest BCUT2D eigenvalue weighted by atomic mass is 9.84. The van der Waals surface area contributed by atoms with E-state index in [0.717, 1.165) is 77.0 Å². The highest BCUT2D eigenvalue weighted by molar-refractivity contribution is 7.47. The van der Waals surface area contributed by atoms with Gasteiger partial charge in [-0.2, -0.15) is 0 Å². The second kappa shape index (κ2) is 52.5. The highest BCUT2D eigenvalue weighted by Gasteiger charge is 2.58. The van der Waals surface area contributed by atoms with Crippen LogP contribution in [0, 0.1) is 0 Å². The van der Waals surface area contributed by atoms with Crippen molar-refractivity contribution in [1.82, 2.24) is 0 Å². The topological polar surface area (TPSA) is 357 Å². The van der Waals surface area contributed by atoms with Crippen molar-refractivity contribution in [2.45, 2.75) is 395 Å². The van der Waals surface area contributed by atoms with Gasteiger partial charge in [-0.05, 0) is 19.3 Å². The van der Waals surface area contributed by atoms with Crippen molar-refractivity contribution in [1.29, 1.82) is 0 Å². The van der Waals surface area contributed by atoms with Gasteiger partial charge in [-0.15, -0.1) is 0 Å². The lowest BCUT2D eigenvalue weighted by Gasteiger charge is -2.49. The average Bonchev–Trinajstić information content (AvgIpc) is 0.788. The molecule has 3 rings (SSSR count). The van der Waals surface area contributed by atoms with Crippen molar-refractivity contribution in [2.24, 2.45) is 0 Å². The summed E-state index contributed by atoms with van der Waals surface area (Å²) in [4.78, 5) is 37.5. The Bertz CT molecular complexity index is 1880. The van der Waals surface area contributed by atoms with Gasteiger partial charge in [0.05, 0.1) is 13.2 Å². The Hall–Kier alpha value is -1.55. The largest absolute Gasteiger partial charge is 0.472 e. The Morgan fingerprint density at radius 2 is 0.710 bits per heavy atom. The minimum atomic E-state index is -5.56. The molecule has 1 unspecified atom stereocenters. The molecule has 18 atom stereocenters. The van der Waals surface area contributed by atoms with Gasteiger partial charge in [-0.1, -0.05) is 258 Å². The molecule has 0 spiro atoms. The number of aliphatic hydroxyl groups excluding tert-OH is 10. The summed E-state index contributed by atoms with van der Waals surface area (Å²) in [5, 5.41) is 110. The Balaban J connectivity index is 1.72. The van der Waals surface area contributed by atoms with Crippen molar-refractivity contribution in [3.63, 3.8) is 0 Å². The summed E-state index contributed by atoms with van der Waals surface area (Å²) < 4.78 is 65.7. The highest BCUT2D eigenvalue weighted by Crippen LogP contribution is 2.49. The number of carbonyl (C=O) groups is 2. The molecule has 3 aliphatic rings. The van der Waals surface area contributed by atoms with E-state index in [1.54, 1.807) is 0 Å². The van der Waals surface area contributed by atoms with Gasteiger partial charge < -0.3 is 89.1 Å². The van der Waals surface area contributed by atoms with Crippen molar-refractivity contribution in [3.8, 4) is 0 Å². The predicted octanol–water partition coefficient (Wildman–Crippen LogP) is 9.88. The van der Waals surface area contributed by atoms with Crippen LogP contribution in [0.25, 0.3) is 0 Å². The van der Waals surface area contributed by atoms with E-state index in [0.29, 0.717) is 19.3 Å². The molecule has 0 aromatic carbocycles. The summed E-state index contributed by atoms with van der Waals surface area (Å²) in [6.45, 7) is 4.16. The van der Waals surface area contributed by atoms with E-state index in [1.165, 1.54) is 161 Å². The summed E-state index contributed by atoms with van der Waals surface area (Å²) in [6, 6.07) is 0. The first kappa shape index (κ1) is 85.7. The molecule has 0 radical (unpaired) electrons. The van der Waals surface area contributed by atoms with Gasteiger partial charge in [0, 0.05) is 19.4 Å². The van der Waals surface area contributed by atoms with E-state index in [1.807, 2.05) is 0 Å². The van der Waals surface area contributed by atoms with E-state index in [9.17, 15) is 70.1 Å². The average molecular weight is 1360 g/mol. The minimum Gasteiger partial charge on any atom is -0.463 e. The number of rotatable bonds is 58. The van der Waals surface area contributed by atoms with Gasteiger partial charge in [0.15, 0.2) is 12.6 Å². The van der Waals surface area contributed by atoms with Crippen LogP contribution in [0.4, 0.5) is 0 Å². The molecule has 550 valence electrons. The van der Waals surface area contributed by atoms with E-state index in [4.69, 9.17) is 42.2 Å². The third-order valence-electron chi connectivity index (χ3n) is 18.5. The molecule has 1 aliphatic carbocycles. The zero-order chi connectivity index (χ0) is 68.1. The number of phosphoric ester groups is 1. The SMILES string of the molecule is CCCCCCCCCCCCCCCCO[C@H](COC(=O)CCCCCCCCCCCCCCC)COP(=O)(O)O[C@@H]1[C@H](O[C@H]2O[C@H](COC(=O)CCCCCCCCCCCCCCC)[C@@H](O)[C@H](O)[C@@H]2O)[C@H](O)[C@@H](O)[C@H](O)[C@H]1O[C@H]1O[C@H](CO)[C@@H](O)[C@H](O)[C@@H]1O. The molecule has 0 bridgehead atoms. The molecule has 0 amide bonds. The smallest absolute Gasteiger partial charge is 0.463 e. The van der Waals surface area contributed by atoms with Gasteiger partial charge in [0.2, 0.25) is 0 Å². The predicted molar refractivity (Wildman–Crippen MR) is 351 cm³/mol. The maximum Gasteiger partial charge on any atom is 0.472 e. The maximum absolute atomic E-state index is 14.3. The Labute approximate surface area is 557 Å². The number of aliphatic hydroxyl groups is 10. The number of ether oxygens (including phenoxy) is 7. The fourth-order valence-corrected chi connectivity index (χ4v) is 13.4. The first-order chi connectivity index (χ1) is 44.9. The summed E-state index contributed by atoms with van der Waals surface area (Å²) in [5.41, 5.74) is 0. The second-order valence-corrected chi connectivity index (χ2v) is 28.1. The second-order valence-electron chi connectivity index (χ2n) is 26.7. The molecule has 3 fully saturated rings. The van der Waals surface area contributed by atoms with Crippen LogP contribution in [0.2, 0.25) is 0 Å². The summed E-state index contributed by atoms with van der Waals surface area (Å²) in [7, 11) is -5.56. The molecular formula is C69H131O23P. The van der Waals surface area contributed by atoms with E-state index < -0.39 is 144 Å². The number of hydrogen-bond acceptors (Lipinski definition) is 22. The third-order valence-corrected chi connectivity index (χ3v) is 19.4. The van der Waals surface area contributed by atoms with Crippen LogP contribution in [0.5, 0.6) is 0 Å². The summed E-state index contributed by atoms with van der Waals surface area (Å²) in [6.07, 6.45) is 11.1. The van der Waals surface area contributed by atoms with Crippen molar-refractivity contribution in [2.75, 3.05) is 33.0 Å². The van der Waals surface area contributed by atoms with Crippen LogP contribution in [-0.2, 0) is 56.4 Å². The van der Waals surface area contributed by atoms with Gasteiger partial charge in [-0.3, -0.25) is 18.6 Å². The summed E-state index contributed by atoms with van der Waals surface area (Å²) in [5.74, 6) is -1.13. The number of phosphoric acid groups is 1. The lowest BCUT2D eigenvalue weighted by Crippen LogP contribution is -2.69. The molecule has 2 saturated heterocycles. The first-order valence-electron chi connectivity index (χ1n) is 36.8. The molecule has 2 aliphatic heterocycles. The molecule has 93 heavy (non-hydrogen) atoms. The van der Waals surface area contributed by atoms with Crippen molar-refractivity contribution >= 4 is 19.8 Å². The normalized spacial score (nSPS) is 28.5. The van der Waals surface area contributed by atoms with Gasteiger partial charge in [0.1, 0.15) is 105 Å². The zero-order valence-corrected chi connectivity index (χ0v) is 58.2. The summed E-state index contributed by atoms with van der Waals surface area (Å²) >= 11 is 0. The van der Waals surface area contributed by atoms with Crippen LogP contribution >= 0.6 is 7.82 Å². The molecule has 2 heterocycles. The quantitative estimate of drug-likeness (QED) is 0.0153. The van der Waals surface area contributed by atoms with E-state index in [2.05, 4.69) is 20.8 Å². The number of hydrogen-bond donors (Lipinski definition) is 11. The monoisotopic (exact) mass is 1360 g/mol. The van der Waals surface area contributed by atoms with Crippen LogP contribution in [0.3, 0.4) is 0 Å². The molecule has 1 saturated carbocycles. The fourth-order valence-electron chi connectivity index (χ4n) is 12.4. The third kappa shape index (κ3) is 35.9. The molecule has 0 aromatic heterocycles. The Kier molecular flexibility index (Phi) is 48.3. The molecule has 11 N–H and O–H groups in total. The van der Waals surface area contributed by atoms with Crippen molar-refractivity contribution < 1.29 is 112 Å². The fraction of sp³-hybridized carbons (Fsp3) is 0.971. The standard InChI is InChI=1S/C69H131O23P/c1-4-7-10-13-16-19-22-25-28-31-34-37-40-43-46-84-51(48-85-54(71)44-41-38-35-32-29-26-23-20-17-14-11-8-5-2)49-87-93(82,83)92-67-65(90-68-63(80)58(75)56(73)52(47-70)88-68)61(78)60(77)62(79)66(67)91-69-64(81)59(76)57(74)53(89-69)50-86-55(72)45-42-39-36-33-30-27-24-21-18-15-12-9-6-3/h51-53,56-70,73-81H,4-50H2,1-3H3,(H,82,83)/t51-,52-,53-,56-,57-,58+,59+,60+,61+,62-,63+,64+,65-,66-,67+,68-,69-/m1/s1. The molecular weight excluding hydrogens is 1230 g/mol. The number of esters is 2. The van der Waals surface area contributed by atoms with Crippen LogP contribution in [0.15, 0.2) is 0 Å². The maximum atomic E-state index is 14.3. The van der Waals surface area contributed by atoms with Crippen LogP contribution < -0.4 is 0 Å². The highest BCUT2D eigenvalue weighted by atomic mass is 31.2. The minimum absolute atomic E-state index is 0.0510. The van der Waals surface area contributed by atoms with Crippen LogP contribution in [0.1, 0.15) is 290 Å². The van der Waals surface area contributed by atoms with E-state index in [-0.39, 0.29) is 26.1 Å². The molecule has 23 nitrogen and oxygen atoms in total. The van der Waals surface area contributed by atoms with E-state index >= 15 is 0 Å². The zero-order valence-electron chi connectivity index (χ0n) is 57.3. The van der Waals surface area contributed by atoms with Crippen molar-refractivity contribution in [3.05, 3.63) is 0 Å².